The second kappa shape index (κ2) is 8.64. The molecule has 0 radical (unpaired) electrons. The van der Waals surface area contributed by atoms with Gasteiger partial charge < -0.3 is 0 Å². The van der Waals surface area contributed by atoms with Gasteiger partial charge in [0.1, 0.15) is 12.3 Å². The van der Waals surface area contributed by atoms with Crippen molar-refractivity contribution in [3.05, 3.63) is 0 Å². The Kier molecular flexibility index (Phi) is 7.15. The molecule has 4 atom stereocenters. The van der Waals surface area contributed by atoms with Gasteiger partial charge in [0.2, 0.25) is 0 Å². The SMILES string of the molecule is CCC(CCC(C)C)C1CCC(C2CCC(F)C(F)C2)CC1. The van der Waals surface area contributed by atoms with E-state index in [2.05, 4.69) is 20.8 Å². The number of hydrogen-bond donors (Lipinski definition) is 0. The molecule has 0 amide bonds. The monoisotopic (exact) mass is 314 g/mol. The van der Waals surface area contributed by atoms with E-state index in [1.54, 1.807) is 0 Å². The minimum Gasteiger partial charge on any atom is -0.244 e. The lowest BCUT2D eigenvalue weighted by molar-refractivity contribution is 0.0498. The Hall–Kier alpha value is -0.140. The lowest BCUT2D eigenvalue weighted by atomic mass is 9.67. The summed E-state index contributed by atoms with van der Waals surface area (Å²) in [5, 5.41) is 0. The summed E-state index contributed by atoms with van der Waals surface area (Å²) in [6, 6.07) is 0. The number of alkyl halides is 2. The Labute approximate surface area is 136 Å². The van der Waals surface area contributed by atoms with Crippen LogP contribution in [0.5, 0.6) is 0 Å². The first-order valence-electron chi connectivity index (χ1n) is 9.79. The van der Waals surface area contributed by atoms with Gasteiger partial charge in [-0.1, -0.05) is 33.6 Å². The maximum absolute atomic E-state index is 13.6. The van der Waals surface area contributed by atoms with Gasteiger partial charge in [0.25, 0.3) is 0 Å². The van der Waals surface area contributed by atoms with Crippen molar-refractivity contribution < 1.29 is 8.78 Å². The molecule has 0 aromatic rings. The molecule has 0 heterocycles. The minimum atomic E-state index is -1.19. The summed E-state index contributed by atoms with van der Waals surface area (Å²) in [5.41, 5.74) is 0. The van der Waals surface area contributed by atoms with Crippen molar-refractivity contribution in [3.63, 3.8) is 0 Å². The largest absolute Gasteiger partial charge is 0.244 e. The van der Waals surface area contributed by atoms with E-state index in [4.69, 9.17) is 0 Å². The molecule has 0 aromatic heterocycles. The Bertz CT molecular complexity index is 307. The van der Waals surface area contributed by atoms with Gasteiger partial charge in [-0.3, -0.25) is 0 Å². The predicted molar refractivity (Wildman–Crippen MR) is 90.4 cm³/mol. The van der Waals surface area contributed by atoms with Crippen LogP contribution in [0.25, 0.3) is 0 Å². The van der Waals surface area contributed by atoms with Crippen LogP contribution in [0.15, 0.2) is 0 Å². The molecular formula is C20H36F2. The van der Waals surface area contributed by atoms with Gasteiger partial charge in [-0.05, 0) is 81.0 Å². The molecule has 4 unspecified atom stereocenters. The molecule has 0 N–H and O–H groups in total. The van der Waals surface area contributed by atoms with Crippen molar-refractivity contribution >= 4 is 0 Å². The Balaban J connectivity index is 1.77. The van der Waals surface area contributed by atoms with Gasteiger partial charge in [-0.2, -0.15) is 0 Å². The van der Waals surface area contributed by atoms with E-state index in [0.29, 0.717) is 24.7 Å². The van der Waals surface area contributed by atoms with Gasteiger partial charge >= 0.3 is 0 Å². The summed E-state index contributed by atoms with van der Waals surface area (Å²) in [6.07, 6.45) is 8.70. The normalized spacial score (nSPS) is 38.2. The number of rotatable bonds is 6. The molecule has 130 valence electrons. The molecule has 2 aliphatic carbocycles. The fraction of sp³-hybridized carbons (Fsp3) is 1.00. The Morgan fingerprint density at radius 3 is 2.00 bits per heavy atom. The molecule has 0 aromatic carbocycles. The summed E-state index contributed by atoms with van der Waals surface area (Å²) < 4.78 is 26.9. The van der Waals surface area contributed by atoms with Gasteiger partial charge in [0.15, 0.2) is 0 Å². The molecule has 0 nitrogen and oxygen atoms in total. The summed E-state index contributed by atoms with van der Waals surface area (Å²) >= 11 is 0. The van der Waals surface area contributed by atoms with Crippen LogP contribution in [0, 0.1) is 29.6 Å². The second-order valence-corrected chi connectivity index (χ2v) is 8.42. The van der Waals surface area contributed by atoms with E-state index >= 15 is 0 Å². The van der Waals surface area contributed by atoms with Gasteiger partial charge in [0, 0.05) is 0 Å². The fourth-order valence-electron chi connectivity index (χ4n) is 4.95. The van der Waals surface area contributed by atoms with Crippen LogP contribution < -0.4 is 0 Å². The summed E-state index contributed by atoms with van der Waals surface area (Å²) in [4.78, 5) is 0. The van der Waals surface area contributed by atoms with Crippen LogP contribution in [-0.2, 0) is 0 Å². The predicted octanol–water partition coefficient (Wildman–Crippen LogP) is 6.73. The number of halogens is 2. The third kappa shape index (κ3) is 4.93. The lowest BCUT2D eigenvalue weighted by Gasteiger charge is -2.39. The smallest absolute Gasteiger partial charge is 0.131 e. The molecule has 2 fully saturated rings. The van der Waals surface area contributed by atoms with Crippen LogP contribution >= 0.6 is 0 Å². The maximum Gasteiger partial charge on any atom is 0.131 e. The molecule has 2 aliphatic rings. The van der Waals surface area contributed by atoms with Crippen LogP contribution in [0.4, 0.5) is 8.78 Å². The van der Waals surface area contributed by atoms with Crippen molar-refractivity contribution in [2.24, 2.45) is 29.6 Å². The van der Waals surface area contributed by atoms with Crippen LogP contribution in [0.2, 0.25) is 0 Å². The average molecular weight is 315 g/mol. The van der Waals surface area contributed by atoms with Crippen molar-refractivity contribution in [2.45, 2.75) is 97.3 Å². The maximum atomic E-state index is 13.6. The zero-order chi connectivity index (χ0) is 16.1. The van der Waals surface area contributed by atoms with E-state index in [1.165, 1.54) is 44.9 Å². The highest BCUT2D eigenvalue weighted by Gasteiger charge is 2.36. The van der Waals surface area contributed by atoms with Crippen molar-refractivity contribution in [1.29, 1.82) is 0 Å². The van der Waals surface area contributed by atoms with E-state index in [9.17, 15) is 8.78 Å². The minimum absolute atomic E-state index is 0.456. The van der Waals surface area contributed by atoms with Crippen molar-refractivity contribution in [3.8, 4) is 0 Å². The highest BCUT2D eigenvalue weighted by molar-refractivity contribution is 4.87. The van der Waals surface area contributed by atoms with Gasteiger partial charge in [-0.25, -0.2) is 8.78 Å². The molecule has 0 saturated heterocycles. The van der Waals surface area contributed by atoms with E-state index in [1.807, 2.05) is 0 Å². The quantitative estimate of drug-likeness (QED) is 0.510. The van der Waals surface area contributed by atoms with Gasteiger partial charge in [-0.15, -0.1) is 0 Å². The molecule has 2 saturated carbocycles. The number of hydrogen-bond acceptors (Lipinski definition) is 0. The average Bonchev–Trinajstić information content (AvgIpc) is 2.51. The zero-order valence-electron chi connectivity index (χ0n) is 14.9. The summed E-state index contributed by atoms with van der Waals surface area (Å²) in [5.74, 6) is 3.71. The molecule has 0 bridgehead atoms. The molecule has 2 heteroatoms. The van der Waals surface area contributed by atoms with Crippen LogP contribution in [0.1, 0.15) is 85.0 Å². The van der Waals surface area contributed by atoms with Crippen LogP contribution in [0.3, 0.4) is 0 Å². The summed E-state index contributed by atoms with van der Waals surface area (Å²) in [7, 11) is 0. The van der Waals surface area contributed by atoms with Gasteiger partial charge in [0.05, 0.1) is 0 Å². The molecule has 2 rings (SSSR count). The van der Waals surface area contributed by atoms with E-state index < -0.39 is 12.3 Å². The van der Waals surface area contributed by atoms with E-state index in [0.717, 1.165) is 24.2 Å². The molecule has 0 spiro atoms. The first-order chi connectivity index (χ1) is 10.5. The molecule has 22 heavy (non-hydrogen) atoms. The fourth-order valence-corrected chi connectivity index (χ4v) is 4.95. The Morgan fingerprint density at radius 2 is 1.45 bits per heavy atom. The topological polar surface area (TPSA) is 0 Å². The summed E-state index contributed by atoms with van der Waals surface area (Å²) in [6.45, 7) is 6.98. The first kappa shape index (κ1) is 18.2. The zero-order valence-corrected chi connectivity index (χ0v) is 14.9. The highest BCUT2D eigenvalue weighted by atomic mass is 19.2. The third-order valence-electron chi connectivity index (χ3n) is 6.52. The molecule has 0 aliphatic heterocycles. The molecular weight excluding hydrogens is 278 g/mol. The van der Waals surface area contributed by atoms with E-state index in [-0.39, 0.29) is 0 Å². The highest BCUT2D eigenvalue weighted by Crippen LogP contribution is 2.44. The standard InChI is InChI=1S/C20H36F2/c1-4-15(6-5-14(2)3)16-7-9-17(10-8-16)18-11-12-19(21)20(22)13-18/h14-20H,4-13H2,1-3H3. The van der Waals surface area contributed by atoms with Crippen molar-refractivity contribution in [2.75, 3.05) is 0 Å². The Morgan fingerprint density at radius 1 is 0.818 bits per heavy atom. The first-order valence-corrected chi connectivity index (χ1v) is 9.79. The third-order valence-corrected chi connectivity index (χ3v) is 6.52. The second-order valence-electron chi connectivity index (χ2n) is 8.42. The van der Waals surface area contributed by atoms with Crippen LogP contribution in [-0.4, -0.2) is 12.3 Å². The lowest BCUT2D eigenvalue weighted by Crippen LogP contribution is -2.33. The van der Waals surface area contributed by atoms with Crippen molar-refractivity contribution in [1.82, 2.24) is 0 Å².